The number of rotatable bonds is 5. The molecule has 0 fully saturated rings. The summed E-state index contributed by atoms with van der Waals surface area (Å²) in [5.41, 5.74) is 3.59. The van der Waals surface area contributed by atoms with Crippen LogP contribution in [0.15, 0.2) is 48.5 Å². The standard InChI is InChI=1S/C20H25N3O2/c1-23(20(25)21-10-9-15-5-3-2-4-6-15)14-18-11-16-7-8-19(24)12-17(16)13-22-18/h2-8,12,18,22,24H,9-11,13-14H2,1H3,(H,21,25)/t18-/m0/s1. The first kappa shape index (κ1) is 17.3. The van der Waals surface area contributed by atoms with Gasteiger partial charge >= 0.3 is 6.03 Å². The van der Waals surface area contributed by atoms with Crippen LogP contribution in [0.5, 0.6) is 5.75 Å². The second kappa shape index (κ2) is 8.03. The van der Waals surface area contributed by atoms with E-state index in [0.29, 0.717) is 18.8 Å². The molecule has 132 valence electrons. The van der Waals surface area contributed by atoms with E-state index in [-0.39, 0.29) is 12.1 Å². The second-order valence-corrected chi connectivity index (χ2v) is 6.58. The average Bonchev–Trinajstić information content (AvgIpc) is 2.62. The van der Waals surface area contributed by atoms with Crippen LogP contribution in [-0.2, 0) is 19.4 Å². The SMILES string of the molecule is CN(C[C@@H]1Cc2ccc(O)cc2CN1)C(=O)NCCc1ccccc1. The molecule has 3 N–H and O–H groups in total. The number of urea groups is 1. The van der Waals surface area contributed by atoms with Crippen LogP contribution in [0, 0.1) is 0 Å². The van der Waals surface area contributed by atoms with E-state index in [4.69, 9.17) is 0 Å². The van der Waals surface area contributed by atoms with Crippen LogP contribution >= 0.6 is 0 Å². The Balaban J connectivity index is 1.45. The molecule has 3 rings (SSSR count). The Morgan fingerprint density at radius 3 is 2.84 bits per heavy atom. The van der Waals surface area contributed by atoms with E-state index in [0.717, 1.165) is 24.9 Å². The van der Waals surface area contributed by atoms with Crippen molar-refractivity contribution in [2.75, 3.05) is 20.1 Å². The molecule has 2 aromatic carbocycles. The highest BCUT2D eigenvalue weighted by Gasteiger charge is 2.21. The number of hydrogen-bond donors (Lipinski definition) is 3. The maximum atomic E-state index is 12.3. The number of likely N-dealkylation sites (N-methyl/N-ethyl adjacent to an activating group) is 1. The first-order chi connectivity index (χ1) is 12.1. The topological polar surface area (TPSA) is 64.6 Å². The second-order valence-electron chi connectivity index (χ2n) is 6.58. The molecule has 0 radical (unpaired) electrons. The van der Waals surface area contributed by atoms with Crippen LogP contribution < -0.4 is 10.6 Å². The molecule has 0 unspecified atom stereocenters. The predicted octanol–water partition coefficient (Wildman–Crippen LogP) is 2.29. The average molecular weight is 339 g/mol. The molecule has 5 nitrogen and oxygen atoms in total. The van der Waals surface area contributed by atoms with E-state index in [1.54, 1.807) is 17.0 Å². The Morgan fingerprint density at radius 1 is 1.24 bits per heavy atom. The number of carbonyl (C=O) groups excluding carboxylic acids is 1. The van der Waals surface area contributed by atoms with Crippen molar-refractivity contribution in [3.8, 4) is 5.75 Å². The zero-order chi connectivity index (χ0) is 17.6. The minimum absolute atomic E-state index is 0.0470. The van der Waals surface area contributed by atoms with Crippen LogP contribution in [0.1, 0.15) is 16.7 Å². The van der Waals surface area contributed by atoms with Gasteiger partial charge in [0.25, 0.3) is 0 Å². The molecular weight excluding hydrogens is 314 g/mol. The molecule has 0 bridgehead atoms. The maximum Gasteiger partial charge on any atom is 0.317 e. The van der Waals surface area contributed by atoms with Crippen LogP contribution in [0.25, 0.3) is 0 Å². The summed E-state index contributed by atoms with van der Waals surface area (Å²) in [7, 11) is 1.83. The summed E-state index contributed by atoms with van der Waals surface area (Å²) in [6.45, 7) is 2.00. The largest absolute Gasteiger partial charge is 0.508 e. The van der Waals surface area contributed by atoms with Crippen molar-refractivity contribution >= 4 is 6.03 Å². The normalized spacial score (nSPS) is 16.1. The van der Waals surface area contributed by atoms with Crippen molar-refractivity contribution in [1.29, 1.82) is 0 Å². The van der Waals surface area contributed by atoms with Gasteiger partial charge in [0.15, 0.2) is 0 Å². The highest BCUT2D eigenvalue weighted by atomic mass is 16.3. The number of amides is 2. The summed E-state index contributed by atoms with van der Waals surface area (Å²) in [4.78, 5) is 14.0. The Hall–Kier alpha value is -2.53. The number of hydrogen-bond acceptors (Lipinski definition) is 3. The maximum absolute atomic E-state index is 12.3. The first-order valence-corrected chi connectivity index (χ1v) is 8.69. The van der Waals surface area contributed by atoms with Gasteiger partial charge in [0.2, 0.25) is 0 Å². The molecule has 1 aliphatic rings. The van der Waals surface area contributed by atoms with Crippen molar-refractivity contribution in [1.82, 2.24) is 15.5 Å². The van der Waals surface area contributed by atoms with Crippen molar-refractivity contribution in [3.63, 3.8) is 0 Å². The van der Waals surface area contributed by atoms with Crippen LogP contribution in [0.2, 0.25) is 0 Å². The van der Waals surface area contributed by atoms with Crippen LogP contribution in [-0.4, -0.2) is 42.2 Å². The van der Waals surface area contributed by atoms with E-state index in [1.807, 2.05) is 31.3 Å². The summed E-state index contributed by atoms with van der Waals surface area (Å²) in [5, 5.41) is 16.0. The molecule has 1 heterocycles. The molecular formula is C20H25N3O2. The molecule has 25 heavy (non-hydrogen) atoms. The molecule has 0 saturated heterocycles. The van der Waals surface area contributed by atoms with Crippen molar-refractivity contribution in [2.45, 2.75) is 25.4 Å². The third kappa shape index (κ3) is 4.73. The first-order valence-electron chi connectivity index (χ1n) is 8.69. The van der Waals surface area contributed by atoms with Crippen molar-refractivity contribution in [3.05, 3.63) is 65.2 Å². The number of nitrogens with zero attached hydrogens (tertiary/aromatic N) is 1. The molecule has 1 aliphatic heterocycles. The van der Waals surface area contributed by atoms with E-state index >= 15 is 0 Å². The van der Waals surface area contributed by atoms with Crippen LogP contribution in [0.4, 0.5) is 4.79 Å². The molecule has 2 aromatic rings. The lowest BCUT2D eigenvalue weighted by molar-refractivity contribution is 0.202. The number of fused-ring (bicyclic) bond motifs is 1. The van der Waals surface area contributed by atoms with E-state index in [9.17, 15) is 9.90 Å². The molecule has 0 aliphatic carbocycles. The van der Waals surface area contributed by atoms with Gasteiger partial charge in [-0.3, -0.25) is 0 Å². The van der Waals surface area contributed by atoms with Crippen LogP contribution in [0.3, 0.4) is 0 Å². The quantitative estimate of drug-likeness (QED) is 0.783. The minimum atomic E-state index is -0.0470. The number of phenolic OH excluding ortho intramolecular Hbond substituents is 1. The number of phenols is 1. The Morgan fingerprint density at radius 2 is 2.04 bits per heavy atom. The molecule has 2 amide bonds. The van der Waals surface area contributed by atoms with Gasteiger partial charge in [0.1, 0.15) is 5.75 Å². The monoisotopic (exact) mass is 339 g/mol. The lowest BCUT2D eigenvalue weighted by Gasteiger charge is -2.30. The van der Waals surface area contributed by atoms with E-state index < -0.39 is 0 Å². The zero-order valence-corrected chi connectivity index (χ0v) is 14.5. The highest BCUT2D eigenvalue weighted by molar-refractivity contribution is 5.73. The fraction of sp³-hybridized carbons (Fsp3) is 0.350. The lowest BCUT2D eigenvalue weighted by Crippen LogP contribution is -2.48. The highest BCUT2D eigenvalue weighted by Crippen LogP contribution is 2.21. The lowest BCUT2D eigenvalue weighted by atomic mass is 9.95. The summed E-state index contributed by atoms with van der Waals surface area (Å²) < 4.78 is 0. The third-order valence-corrected chi connectivity index (χ3v) is 4.61. The molecule has 0 aromatic heterocycles. The smallest absolute Gasteiger partial charge is 0.317 e. The van der Waals surface area contributed by atoms with Gasteiger partial charge in [0.05, 0.1) is 0 Å². The number of benzene rings is 2. The summed E-state index contributed by atoms with van der Waals surface area (Å²) in [5.74, 6) is 0.300. The summed E-state index contributed by atoms with van der Waals surface area (Å²) in [6, 6.07) is 15.8. The number of aromatic hydroxyl groups is 1. The van der Waals surface area contributed by atoms with Gasteiger partial charge in [-0.05, 0) is 41.7 Å². The number of carbonyl (C=O) groups is 1. The molecule has 0 saturated carbocycles. The Bertz CT molecular complexity index is 718. The van der Waals surface area contributed by atoms with Crippen molar-refractivity contribution in [2.24, 2.45) is 0 Å². The van der Waals surface area contributed by atoms with Gasteiger partial charge < -0.3 is 20.6 Å². The fourth-order valence-corrected chi connectivity index (χ4v) is 3.20. The minimum Gasteiger partial charge on any atom is -0.508 e. The van der Waals surface area contributed by atoms with Gasteiger partial charge in [-0.15, -0.1) is 0 Å². The summed E-state index contributed by atoms with van der Waals surface area (Å²) in [6.07, 6.45) is 1.69. The summed E-state index contributed by atoms with van der Waals surface area (Å²) >= 11 is 0. The molecule has 5 heteroatoms. The Labute approximate surface area is 148 Å². The van der Waals surface area contributed by atoms with E-state index in [1.165, 1.54) is 11.1 Å². The third-order valence-electron chi connectivity index (χ3n) is 4.61. The van der Waals surface area contributed by atoms with Gasteiger partial charge in [-0.1, -0.05) is 36.4 Å². The predicted molar refractivity (Wildman–Crippen MR) is 98.6 cm³/mol. The Kier molecular flexibility index (Phi) is 5.56. The fourth-order valence-electron chi connectivity index (χ4n) is 3.20. The molecule has 0 spiro atoms. The van der Waals surface area contributed by atoms with Crippen molar-refractivity contribution < 1.29 is 9.90 Å². The van der Waals surface area contributed by atoms with E-state index in [2.05, 4.69) is 22.8 Å². The zero-order valence-electron chi connectivity index (χ0n) is 14.5. The molecule has 1 atom stereocenters. The van der Waals surface area contributed by atoms with Gasteiger partial charge in [-0.2, -0.15) is 0 Å². The van der Waals surface area contributed by atoms with Gasteiger partial charge in [0, 0.05) is 32.7 Å². The van der Waals surface area contributed by atoms with Gasteiger partial charge in [-0.25, -0.2) is 4.79 Å². The number of nitrogens with one attached hydrogen (secondary N) is 2.